The predicted octanol–water partition coefficient (Wildman–Crippen LogP) is 2.16. The average Bonchev–Trinajstić information content (AvgIpc) is 2.88. The van der Waals surface area contributed by atoms with E-state index < -0.39 is 0 Å². The van der Waals surface area contributed by atoms with E-state index in [1.807, 2.05) is 42.1 Å². The summed E-state index contributed by atoms with van der Waals surface area (Å²) in [7, 11) is 4.00. The zero-order valence-electron chi connectivity index (χ0n) is 11.9. The average molecular weight is 269 g/mol. The number of benzene rings is 1. The monoisotopic (exact) mass is 269 g/mol. The van der Waals surface area contributed by atoms with Gasteiger partial charge in [-0.25, -0.2) is 0 Å². The molecule has 1 aromatic carbocycles. The minimum Gasteiger partial charge on any atom is -0.371 e. The highest BCUT2D eigenvalue weighted by molar-refractivity contribution is 5.98. The summed E-state index contributed by atoms with van der Waals surface area (Å²) in [5.74, 6) is 0.164. The predicted molar refractivity (Wildman–Crippen MR) is 81.7 cm³/mol. The van der Waals surface area contributed by atoms with E-state index in [4.69, 9.17) is 0 Å². The molecule has 2 heterocycles. The molecule has 3 rings (SSSR count). The van der Waals surface area contributed by atoms with E-state index in [0.29, 0.717) is 6.54 Å². The van der Waals surface area contributed by atoms with Crippen LogP contribution in [0.15, 0.2) is 42.6 Å². The Hall–Kier alpha value is -2.23. The van der Waals surface area contributed by atoms with Gasteiger partial charge in [0.15, 0.2) is 5.78 Å². The molecule has 0 unspecified atom stereocenters. The maximum absolute atomic E-state index is 12.4. The normalized spacial score (nSPS) is 14.3. The number of hydrogen-bond donors (Lipinski definition) is 0. The summed E-state index contributed by atoms with van der Waals surface area (Å²) in [6.45, 7) is 2.25. The number of aryl methyl sites for hydroxylation is 1. The lowest BCUT2D eigenvalue weighted by Gasteiger charge is -2.36. The van der Waals surface area contributed by atoms with Gasteiger partial charge in [0, 0.05) is 33.4 Å². The Labute approximate surface area is 119 Å². The second-order valence-electron chi connectivity index (χ2n) is 5.26. The third-order valence-corrected chi connectivity index (χ3v) is 3.90. The number of para-hydroxylation sites is 2. The summed E-state index contributed by atoms with van der Waals surface area (Å²) in [6, 6.07) is 12.0. The largest absolute Gasteiger partial charge is 0.371 e. The number of anilines is 2. The van der Waals surface area contributed by atoms with E-state index in [1.165, 1.54) is 5.69 Å². The lowest BCUT2D eigenvalue weighted by Crippen LogP contribution is -2.41. The molecule has 0 fully saturated rings. The Balaban J connectivity index is 1.84. The molecule has 0 radical (unpaired) electrons. The molecule has 0 saturated carbocycles. The maximum atomic E-state index is 12.4. The Kier molecular flexibility index (Phi) is 3.22. The van der Waals surface area contributed by atoms with Gasteiger partial charge >= 0.3 is 0 Å². The van der Waals surface area contributed by atoms with Crippen LogP contribution in [-0.2, 0) is 7.05 Å². The van der Waals surface area contributed by atoms with Crippen LogP contribution in [0.4, 0.5) is 11.4 Å². The van der Waals surface area contributed by atoms with Crippen molar-refractivity contribution in [2.45, 2.75) is 0 Å². The van der Waals surface area contributed by atoms with Gasteiger partial charge in [0.2, 0.25) is 0 Å². The van der Waals surface area contributed by atoms with Crippen molar-refractivity contribution in [3.63, 3.8) is 0 Å². The van der Waals surface area contributed by atoms with Gasteiger partial charge < -0.3 is 14.4 Å². The van der Waals surface area contributed by atoms with Crippen LogP contribution >= 0.6 is 0 Å². The lowest BCUT2D eigenvalue weighted by molar-refractivity contribution is 0.0991. The molecule has 0 N–H and O–H groups in total. The number of hydrogen-bond acceptors (Lipinski definition) is 3. The summed E-state index contributed by atoms with van der Waals surface area (Å²) in [4.78, 5) is 16.8. The molecule has 0 bridgehead atoms. The Morgan fingerprint density at radius 3 is 2.50 bits per heavy atom. The van der Waals surface area contributed by atoms with Gasteiger partial charge in [0.05, 0.1) is 23.6 Å². The topological polar surface area (TPSA) is 28.5 Å². The van der Waals surface area contributed by atoms with Gasteiger partial charge in [0.1, 0.15) is 0 Å². The highest BCUT2D eigenvalue weighted by Crippen LogP contribution is 2.31. The Morgan fingerprint density at radius 1 is 1.05 bits per heavy atom. The van der Waals surface area contributed by atoms with Crippen LogP contribution in [0.5, 0.6) is 0 Å². The molecule has 1 aromatic heterocycles. The first-order valence-electron chi connectivity index (χ1n) is 6.86. The molecule has 0 atom stereocenters. The van der Waals surface area contributed by atoms with E-state index in [9.17, 15) is 4.79 Å². The van der Waals surface area contributed by atoms with Crippen molar-refractivity contribution in [2.24, 2.45) is 7.05 Å². The van der Waals surface area contributed by atoms with Crippen LogP contribution in [0.2, 0.25) is 0 Å². The molecule has 20 heavy (non-hydrogen) atoms. The fourth-order valence-corrected chi connectivity index (χ4v) is 2.74. The molecule has 0 spiro atoms. The Bertz CT molecular complexity index is 632. The van der Waals surface area contributed by atoms with Crippen molar-refractivity contribution in [3.05, 3.63) is 48.3 Å². The summed E-state index contributed by atoms with van der Waals surface area (Å²) < 4.78 is 1.88. The van der Waals surface area contributed by atoms with Crippen molar-refractivity contribution in [2.75, 3.05) is 36.5 Å². The smallest absolute Gasteiger partial charge is 0.198 e. The second-order valence-corrected chi connectivity index (χ2v) is 5.26. The first-order valence-corrected chi connectivity index (χ1v) is 6.86. The number of rotatable bonds is 3. The van der Waals surface area contributed by atoms with Gasteiger partial charge in [-0.15, -0.1) is 0 Å². The number of nitrogens with zero attached hydrogens (tertiary/aromatic N) is 3. The Morgan fingerprint density at radius 2 is 1.80 bits per heavy atom. The SMILES string of the molecule is CN1CCN(CC(=O)c2cccn2C)c2ccccc21. The highest BCUT2D eigenvalue weighted by Gasteiger charge is 2.22. The third-order valence-electron chi connectivity index (χ3n) is 3.90. The van der Waals surface area contributed by atoms with Gasteiger partial charge in [-0.3, -0.25) is 4.79 Å². The van der Waals surface area contributed by atoms with Crippen molar-refractivity contribution in [3.8, 4) is 0 Å². The summed E-state index contributed by atoms with van der Waals surface area (Å²) in [5, 5.41) is 0. The summed E-state index contributed by atoms with van der Waals surface area (Å²) in [5.41, 5.74) is 3.10. The van der Waals surface area contributed by atoms with Gasteiger partial charge in [-0.05, 0) is 24.3 Å². The van der Waals surface area contributed by atoms with Crippen LogP contribution in [0.3, 0.4) is 0 Å². The fourth-order valence-electron chi connectivity index (χ4n) is 2.74. The highest BCUT2D eigenvalue weighted by atomic mass is 16.1. The van der Waals surface area contributed by atoms with Gasteiger partial charge in [0.25, 0.3) is 0 Å². The molecule has 0 amide bonds. The van der Waals surface area contributed by atoms with Crippen molar-refractivity contribution in [1.29, 1.82) is 0 Å². The van der Waals surface area contributed by atoms with E-state index in [2.05, 4.69) is 29.0 Å². The minimum atomic E-state index is 0.164. The number of carbonyl (C=O) groups excluding carboxylic acids is 1. The number of likely N-dealkylation sites (N-methyl/N-ethyl adjacent to an activating group) is 1. The molecule has 4 nitrogen and oxygen atoms in total. The first kappa shape index (κ1) is 12.8. The van der Waals surface area contributed by atoms with Gasteiger partial charge in [-0.1, -0.05) is 12.1 Å². The van der Waals surface area contributed by atoms with Crippen LogP contribution in [-0.4, -0.2) is 37.0 Å². The quantitative estimate of drug-likeness (QED) is 0.799. The number of aromatic nitrogens is 1. The standard InChI is InChI=1S/C16H19N3O/c1-17-9-5-8-15(17)16(20)12-19-11-10-18(2)13-6-3-4-7-14(13)19/h3-9H,10-12H2,1-2H3. The van der Waals surface area contributed by atoms with Crippen molar-refractivity contribution in [1.82, 2.24) is 4.57 Å². The second kappa shape index (κ2) is 5.04. The number of Topliss-reactive ketones (excluding diaryl/α,β-unsaturated/α-hetero) is 1. The minimum absolute atomic E-state index is 0.164. The zero-order chi connectivity index (χ0) is 14.1. The third kappa shape index (κ3) is 2.18. The fraction of sp³-hybridized carbons (Fsp3) is 0.312. The number of ketones is 1. The molecular weight excluding hydrogens is 250 g/mol. The van der Waals surface area contributed by atoms with Crippen LogP contribution in [0.1, 0.15) is 10.5 Å². The first-order chi connectivity index (χ1) is 9.66. The van der Waals surface area contributed by atoms with Crippen molar-refractivity contribution < 1.29 is 4.79 Å². The van der Waals surface area contributed by atoms with Crippen LogP contribution < -0.4 is 9.80 Å². The maximum Gasteiger partial charge on any atom is 0.198 e. The number of carbonyl (C=O) groups is 1. The molecule has 2 aromatic rings. The lowest BCUT2D eigenvalue weighted by atomic mass is 10.1. The van der Waals surface area contributed by atoms with E-state index >= 15 is 0 Å². The van der Waals surface area contributed by atoms with Crippen molar-refractivity contribution >= 4 is 17.2 Å². The molecule has 104 valence electrons. The zero-order valence-corrected chi connectivity index (χ0v) is 11.9. The summed E-state index contributed by atoms with van der Waals surface area (Å²) >= 11 is 0. The van der Waals surface area contributed by atoms with Crippen LogP contribution in [0.25, 0.3) is 0 Å². The van der Waals surface area contributed by atoms with Crippen LogP contribution in [0, 0.1) is 0 Å². The van der Waals surface area contributed by atoms with E-state index in [1.54, 1.807) is 0 Å². The van der Waals surface area contributed by atoms with E-state index in [0.717, 1.165) is 24.5 Å². The molecule has 1 aliphatic heterocycles. The summed E-state index contributed by atoms with van der Waals surface area (Å²) in [6.07, 6.45) is 1.91. The van der Waals surface area contributed by atoms with Gasteiger partial charge in [-0.2, -0.15) is 0 Å². The molecule has 1 aliphatic rings. The molecule has 4 heteroatoms. The molecular formula is C16H19N3O. The molecule has 0 aliphatic carbocycles. The number of fused-ring (bicyclic) bond motifs is 1. The molecule has 0 saturated heterocycles. The van der Waals surface area contributed by atoms with E-state index in [-0.39, 0.29) is 5.78 Å².